The van der Waals surface area contributed by atoms with Crippen molar-refractivity contribution in [2.75, 3.05) is 28.7 Å². The van der Waals surface area contributed by atoms with Crippen LogP contribution in [0.5, 0.6) is 0 Å². The molecule has 0 aliphatic heterocycles. The number of carbonyl (C=O) groups is 3. The van der Waals surface area contributed by atoms with Gasteiger partial charge in [0.25, 0.3) is 0 Å². The van der Waals surface area contributed by atoms with Gasteiger partial charge in [-0.2, -0.15) is 0 Å². The molecular formula is C24H24N2O4S2. The number of hydrogen-bond acceptors (Lipinski definition) is 6. The molecule has 1 heterocycles. The van der Waals surface area contributed by atoms with Gasteiger partial charge in [0.2, 0.25) is 11.8 Å². The van der Waals surface area contributed by atoms with Gasteiger partial charge in [-0.05, 0) is 31.5 Å². The first-order valence-electron chi connectivity index (χ1n) is 10.1. The van der Waals surface area contributed by atoms with E-state index in [4.69, 9.17) is 4.74 Å². The lowest BCUT2D eigenvalue weighted by Gasteiger charge is -2.09. The molecule has 8 heteroatoms. The first kappa shape index (κ1) is 23.6. The molecule has 0 aliphatic rings. The smallest absolute Gasteiger partial charge is 0.341 e. The number of thiophene rings is 1. The van der Waals surface area contributed by atoms with E-state index in [1.54, 1.807) is 19.1 Å². The Hall–Kier alpha value is -3.10. The van der Waals surface area contributed by atoms with Crippen molar-refractivity contribution in [2.45, 2.75) is 13.8 Å². The Bertz CT molecular complexity index is 1080. The van der Waals surface area contributed by atoms with Crippen LogP contribution in [0, 0.1) is 6.92 Å². The highest BCUT2D eigenvalue weighted by molar-refractivity contribution is 8.00. The predicted molar refractivity (Wildman–Crippen MR) is 131 cm³/mol. The molecule has 0 radical (unpaired) electrons. The highest BCUT2D eigenvalue weighted by Crippen LogP contribution is 2.36. The molecule has 0 bridgehead atoms. The zero-order valence-electron chi connectivity index (χ0n) is 17.8. The number of esters is 1. The Morgan fingerprint density at radius 2 is 1.59 bits per heavy atom. The highest BCUT2D eigenvalue weighted by Gasteiger charge is 2.22. The zero-order chi connectivity index (χ0) is 22.9. The second-order valence-corrected chi connectivity index (χ2v) is 8.76. The summed E-state index contributed by atoms with van der Waals surface area (Å²) >= 11 is 2.48. The van der Waals surface area contributed by atoms with E-state index < -0.39 is 5.97 Å². The van der Waals surface area contributed by atoms with Gasteiger partial charge in [0, 0.05) is 16.6 Å². The monoisotopic (exact) mass is 468 g/mol. The van der Waals surface area contributed by atoms with Gasteiger partial charge in [-0.15, -0.1) is 23.1 Å². The molecule has 0 unspecified atom stereocenters. The molecule has 3 rings (SSSR count). The second kappa shape index (κ2) is 11.5. The van der Waals surface area contributed by atoms with Gasteiger partial charge < -0.3 is 15.4 Å². The summed E-state index contributed by atoms with van der Waals surface area (Å²) in [5.41, 5.74) is 3.77. The lowest BCUT2D eigenvalue weighted by molar-refractivity contribution is -0.114. The molecule has 2 aromatic carbocycles. The molecule has 6 nitrogen and oxygen atoms in total. The van der Waals surface area contributed by atoms with E-state index in [1.165, 1.54) is 23.1 Å². The maximum Gasteiger partial charge on any atom is 0.341 e. The van der Waals surface area contributed by atoms with Gasteiger partial charge >= 0.3 is 5.97 Å². The third kappa shape index (κ3) is 6.45. The topological polar surface area (TPSA) is 84.5 Å². The molecule has 166 valence electrons. The van der Waals surface area contributed by atoms with Crippen LogP contribution < -0.4 is 10.6 Å². The number of anilines is 2. The van der Waals surface area contributed by atoms with E-state index in [9.17, 15) is 14.4 Å². The summed E-state index contributed by atoms with van der Waals surface area (Å²) in [6.45, 7) is 3.97. The fourth-order valence-electron chi connectivity index (χ4n) is 2.92. The van der Waals surface area contributed by atoms with Crippen molar-refractivity contribution < 1.29 is 19.1 Å². The van der Waals surface area contributed by atoms with Crippen LogP contribution in [0.1, 0.15) is 22.8 Å². The Labute approximate surface area is 195 Å². The maximum absolute atomic E-state index is 12.6. The van der Waals surface area contributed by atoms with Crippen molar-refractivity contribution in [1.29, 1.82) is 0 Å². The molecule has 0 fully saturated rings. The molecular weight excluding hydrogens is 444 g/mol. The number of amides is 2. The maximum atomic E-state index is 12.6. The molecule has 0 saturated carbocycles. The van der Waals surface area contributed by atoms with E-state index in [0.29, 0.717) is 16.3 Å². The van der Waals surface area contributed by atoms with Crippen molar-refractivity contribution in [3.63, 3.8) is 0 Å². The molecule has 3 aromatic rings. The Morgan fingerprint density at radius 3 is 2.25 bits per heavy atom. The van der Waals surface area contributed by atoms with Crippen LogP contribution in [0.3, 0.4) is 0 Å². The highest BCUT2D eigenvalue weighted by atomic mass is 32.2. The third-order valence-electron chi connectivity index (χ3n) is 4.41. The van der Waals surface area contributed by atoms with Crippen molar-refractivity contribution in [3.05, 3.63) is 71.1 Å². The van der Waals surface area contributed by atoms with Crippen LogP contribution in [-0.4, -0.2) is 35.9 Å². The van der Waals surface area contributed by atoms with Crippen molar-refractivity contribution >= 4 is 51.6 Å². The van der Waals surface area contributed by atoms with Gasteiger partial charge in [0.05, 0.1) is 18.1 Å². The molecule has 2 amide bonds. The van der Waals surface area contributed by atoms with Crippen LogP contribution >= 0.6 is 23.1 Å². The van der Waals surface area contributed by atoms with E-state index in [-0.39, 0.29) is 29.9 Å². The summed E-state index contributed by atoms with van der Waals surface area (Å²) in [4.78, 5) is 37.1. The summed E-state index contributed by atoms with van der Waals surface area (Å²) in [5.74, 6) is -0.715. The molecule has 2 N–H and O–H groups in total. The molecule has 0 aliphatic carbocycles. The van der Waals surface area contributed by atoms with E-state index in [1.807, 2.05) is 54.8 Å². The second-order valence-electron chi connectivity index (χ2n) is 6.90. The number of ether oxygens (including phenoxy) is 1. The third-order valence-corrected chi connectivity index (χ3v) is 6.24. The SMILES string of the molecule is CCOC(=O)c1c(-c2ccc(C)cc2)csc1NC(=O)CSCC(=O)Nc1ccccc1. The van der Waals surface area contributed by atoms with Crippen LogP contribution in [0.15, 0.2) is 60.0 Å². The zero-order valence-corrected chi connectivity index (χ0v) is 19.5. The number of thioether (sulfide) groups is 1. The van der Waals surface area contributed by atoms with Crippen LogP contribution in [0.2, 0.25) is 0 Å². The fraction of sp³-hybridized carbons (Fsp3) is 0.208. The largest absolute Gasteiger partial charge is 0.462 e. The number of benzene rings is 2. The minimum Gasteiger partial charge on any atom is -0.462 e. The standard InChI is InChI=1S/C24H24N2O4S2/c1-3-30-24(29)22-19(17-11-9-16(2)10-12-17)13-32-23(22)26-21(28)15-31-14-20(27)25-18-7-5-4-6-8-18/h4-13H,3,14-15H2,1-2H3,(H,25,27)(H,26,28). The average molecular weight is 469 g/mol. The Balaban J connectivity index is 1.63. The van der Waals surface area contributed by atoms with Crippen molar-refractivity contribution in [3.8, 4) is 11.1 Å². The van der Waals surface area contributed by atoms with Gasteiger partial charge in [-0.25, -0.2) is 4.79 Å². The lowest BCUT2D eigenvalue weighted by Crippen LogP contribution is -2.19. The van der Waals surface area contributed by atoms with E-state index in [2.05, 4.69) is 10.6 Å². The molecule has 0 spiro atoms. The molecule has 0 saturated heterocycles. The number of hydrogen-bond donors (Lipinski definition) is 2. The van der Waals surface area contributed by atoms with Gasteiger partial charge in [0.1, 0.15) is 10.6 Å². The minimum atomic E-state index is -0.477. The van der Waals surface area contributed by atoms with E-state index >= 15 is 0 Å². The summed E-state index contributed by atoms with van der Waals surface area (Å²) in [5, 5.41) is 7.86. The summed E-state index contributed by atoms with van der Waals surface area (Å²) in [6.07, 6.45) is 0. The number of rotatable bonds is 9. The summed E-state index contributed by atoms with van der Waals surface area (Å²) in [6, 6.07) is 17.0. The van der Waals surface area contributed by atoms with Crippen molar-refractivity contribution in [2.24, 2.45) is 0 Å². The van der Waals surface area contributed by atoms with E-state index in [0.717, 1.165) is 16.7 Å². The lowest BCUT2D eigenvalue weighted by atomic mass is 10.0. The van der Waals surface area contributed by atoms with Crippen LogP contribution in [0.4, 0.5) is 10.7 Å². The number of aryl methyl sites for hydroxylation is 1. The van der Waals surface area contributed by atoms with Gasteiger partial charge in [0.15, 0.2) is 0 Å². The molecule has 32 heavy (non-hydrogen) atoms. The number of para-hydroxylation sites is 1. The van der Waals surface area contributed by atoms with Crippen molar-refractivity contribution in [1.82, 2.24) is 0 Å². The summed E-state index contributed by atoms with van der Waals surface area (Å²) < 4.78 is 5.22. The number of carbonyl (C=O) groups excluding carboxylic acids is 3. The van der Waals surface area contributed by atoms with Gasteiger partial charge in [-0.1, -0.05) is 48.0 Å². The Morgan fingerprint density at radius 1 is 0.938 bits per heavy atom. The molecule has 1 aromatic heterocycles. The molecule has 0 atom stereocenters. The van der Waals surface area contributed by atoms with Crippen LogP contribution in [0.25, 0.3) is 11.1 Å². The minimum absolute atomic E-state index is 0.0856. The Kier molecular flexibility index (Phi) is 8.47. The quantitative estimate of drug-likeness (QED) is 0.421. The summed E-state index contributed by atoms with van der Waals surface area (Å²) in [7, 11) is 0. The number of nitrogens with one attached hydrogen (secondary N) is 2. The first-order valence-corrected chi connectivity index (χ1v) is 12.1. The van der Waals surface area contributed by atoms with Crippen LogP contribution in [-0.2, 0) is 14.3 Å². The van der Waals surface area contributed by atoms with Gasteiger partial charge in [-0.3, -0.25) is 9.59 Å². The fourth-order valence-corrected chi connectivity index (χ4v) is 4.51. The predicted octanol–water partition coefficient (Wildman–Crippen LogP) is 5.21. The first-order chi connectivity index (χ1) is 15.5. The normalized spacial score (nSPS) is 10.4. The average Bonchev–Trinajstić information content (AvgIpc) is 3.18.